The Morgan fingerprint density at radius 1 is 1.22 bits per heavy atom. The van der Waals surface area contributed by atoms with Crippen LogP contribution in [0, 0.1) is 0 Å². The average molecular weight is 383 g/mol. The summed E-state index contributed by atoms with van der Waals surface area (Å²) in [5.74, 6) is -0.0307. The van der Waals surface area contributed by atoms with Gasteiger partial charge in [0.1, 0.15) is 22.6 Å². The van der Waals surface area contributed by atoms with E-state index in [0.717, 1.165) is 35.8 Å². The molecule has 1 amide bonds. The number of hydrogen-bond acceptors (Lipinski definition) is 5. The van der Waals surface area contributed by atoms with Gasteiger partial charge in [-0.05, 0) is 37.1 Å². The topological polar surface area (TPSA) is 76.4 Å². The fourth-order valence-electron chi connectivity index (χ4n) is 3.65. The number of allylic oxidation sites excluding steroid dienone is 1. The maximum absolute atomic E-state index is 12.9. The lowest BCUT2D eigenvalue weighted by Crippen LogP contribution is -2.64. The van der Waals surface area contributed by atoms with Crippen molar-refractivity contribution in [3.05, 3.63) is 46.7 Å². The summed E-state index contributed by atoms with van der Waals surface area (Å²) in [4.78, 5) is 25.4. The summed E-state index contributed by atoms with van der Waals surface area (Å²) < 4.78 is 0. The minimum atomic E-state index is -0.0307. The molecule has 0 bridgehead atoms. The van der Waals surface area contributed by atoms with Crippen molar-refractivity contribution in [2.45, 2.75) is 19.3 Å². The Morgan fingerprint density at radius 2 is 1.96 bits per heavy atom. The molecular formula is C20H24N5OS+. The molecule has 0 unspecified atom stereocenters. The molecule has 0 saturated carbocycles. The Hall–Kier alpha value is -2.67. The number of rotatable bonds is 4. The molecule has 1 saturated heterocycles. The molecule has 0 spiro atoms. The number of benzene rings is 1. The molecule has 7 heteroatoms. The van der Waals surface area contributed by atoms with Crippen molar-refractivity contribution in [2.75, 3.05) is 31.6 Å². The summed E-state index contributed by atoms with van der Waals surface area (Å²) in [6, 6.07) is 8.54. The zero-order chi connectivity index (χ0) is 18.8. The number of hydrogen-bond donors (Lipinski definition) is 2. The Labute approximate surface area is 163 Å². The van der Waals surface area contributed by atoms with Gasteiger partial charge < -0.3 is 15.5 Å². The second kappa shape index (κ2) is 7.52. The summed E-state index contributed by atoms with van der Waals surface area (Å²) in [5.41, 5.74) is 9.59. The summed E-state index contributed by atoms with van der Waals surface area (Å²) in [7, 11) is 1.79. The van der Waals surface area contributed by atoms with Crippen molar-refractivity contribution in [1.29, 1.82) is 0 Å². The number of anilines is 1. The lowest BCUT2D eigenvalue weighted by molar-refractivity contribution is -0.414. The van der Waals surface area contributed by atoms with Gasteiger partial charge in [0.2, 0.25) is 0 Å². The molecule has 1 aromatic heterocycles. The van der Waals surface area contributed by atoms with Crippen LogP contribution in [0.5, 0.6) is 0 Å². The summed E-state index contributed by atoms with van der Waals surface area (Å²) in [6.07, 6.45) is 6.46. The van der Waals surface area contributed by atoms with E-state index in [9.17, 15) is 4.79 Å². The van der Waals surface area contributed by atoms with Gasteiger partial charge in [0.25, 0.3) is 5.91 Å². The van der Waals surface area contributed by atoms with E-state index < -0.39 is 0 Å². The largest absolute Gasteiger partial charge is 0.403 e. The van der Waals surface area contributed by atoms with Crippen molar-refractivity contribution >= 4 is 29.1 Å². The van der Waals surface area contributed by atoms with E-state index in [2.05, 4.69) is 34.2 Å². The second-order valence-electron chi connectivity index (χ2n) is 6.77. The molecule has 140 valence electrons. The number of carbonyl (C=O) groups is 1. The standard InChI is InChI=1S/C20H23N5OS/c1-22-13-16(12-21)25-11-8-17-18(20(25)26)27-19(23-17)14-4-6-15(7-5-14)24-9-2-3-10-24/h4-7,12-13H,2-3,8-11,21H2,1H3/p+1/b16-12+,22-13?. The Morgan fingerprint density at radius 3 is 2.63 bits per heavy atom. The monoisotopic (exact) mass is 382 g/mol. The number of nitrogens with zero attached hydrogens (tertiary/aromatic N) is 3. The lowest BCUT2D eigenvalue weighted by Gasteiger charge is -2.24. The van der Waals surface area contributed by atoms with Crippen LogP contribution in [-0.2, 0) is 6.42 Å². The Kier molecular flexibility index (Phi) is 4.94. The molecule has 2 aromatic rings. The minimum Gasteiger partial charge on any atom is -0.403 e. The van der Waals surface area contributed by atoms with Crippen LogP contribution >= 0.6 is 11.3 Å². The van der Waals surface area contributed by atoms with Crippen molar-refractivity contribution in [3.63, 3.8) is 0 Å². The summed E-state index contributed by atoms with van der Waals surface area (Å²) >= 11 is 1.47. The molecule has 3 heterocycles. The van der Waals surface area contributed by atoms with Crippen LogP contribution in [0.2, 0.25) is 0 Å². The second-order valence-corrected chi connectivity index (χ2v) is 7.77. The molecule has 6 nitrogen and oxygen atoms in total. The molecule has 4 rings (SSSR count). The molecule has 27 heavy (non-hydrogen) atoms. The molecule has 0 aliphatic carbocycles. The molecule has 2 aliphatic heterocycles. The first-order valence-corrected chi connectivity index (χ1v) is 10.1. The van der Waals surface area contributed by atoms with E-state index in [0.29, 0.717) is 17.1 Å². The van der Waals surface area contributed by atoms with Gasteiger partial charge in [-0.15, -0.1) is 11.3 Å². The molecule has 1 fully saturated rings. The Balaban J connectivity index is 1.58. The first-order chi connectivity index (χ1) is 13.2. The van der Waals surface area contributed by atoms with E-state index in [-0.39, 0.29) is 5.91 Å². The molecule has 0 radical (unpaired) electrons. The van der Waals surface area contributed by atoms with Crippen LogP contribution < -0.4 is 15.6 Å². The zero-order valence-electron chi connectivity index (χ0n) is 15.4. The van der Waals surface area contributed by atoms with Gasteiger partial charge in [0.05, 0.1) is 5.69 Å². The van der Waals surface area contributed by atoms with Crippen LogP contribution in [0.15, 0.2) is 36.2 Å². The third-order valence-electron chi connectivity index (χ3n) is 5.07. The highest BCUT2D eigenvalue weighted by Gasteiger charge is 2.30. The number of carbonyl (C=O) groups excluding carboxylic acids is 1. The number of amides is 1. The van der Waals surface area contributed by atoms with E-state index in [1.165, 1.54) is 36.1 Å². The van der Waals surface area contributed by atoms with Gasteiger partial charge in [0, 0.05) is 43.5 Å². The number of nitrogens with one attached hydrogen (secondary N) is 1. The van der Waals surface area contributed by atoms with Crippen LogP contribution in [0.3, 0.4) is 0 Å². The predicted molar refractivity (Wildman–Crippen MR) is 109 cm³/mol. The van der Waals surface area contributed by atoms with Crippen molar-refractivity contribution in [2.24, 2.45) is 5.73 Å². The lowest BCUT2D eigenvalue weighted by atomic mass is 10.1. The van der Waals surface area contributed by atoms with Crippen LogP contribution in [-0.4, -0.2) is 48.7 Å². The molecular weight excluding hydrogens is 358 g/mol. The quantitative estimate of drug-likeness (QED) is 0.774. The first-order valence-electron chi connectivity index (χ1n) is 9.30. The van der Waals surface area contributed by atoms with Gasteiger partial charge in [-0.25, -0.2) is 9.98 Å². The van der Waals surface area contributed by atoms with Crippen molar-refractivity contribution < 1.29 is 9.79 Å². The molecule has 1 aromatic carbocycles. The van der Waals surface area contributed by atoms with Gasteiger partial charge in [0.15, 0.2) is 6.21 Å². The first kappa shape index (κ1) is 17.7. The summed E-state index contributed by atoms with van der Waals surface area (Å²) in [5, 5.41) is 0.902. The number of nitrogens with two attached hydrogens (primary N) is 1. The van der Waals surface area contributed by atoms with E-state index >= 15 is 0 Å². The van der Waals surface area contributed by atoms with Gasteiger partial charge in [-0.2, -0.15) is 0 Å². The molecule has 3 N–H and O–H groups in total. The number of thiazole rings is 1. The molecule has 0 atom stereocenters. The van der Waals surface area contributed by atoms with Crippen molar-refractivity contribution in [3.8, 4) is 10.6 Å². The average Bonchev–Trinajstić information content (AvgIpc) is 3.37. The Bertz CT molecular complexity index is 894. The number of aromatic nitrogens is 1. The van der Waals surface area contributed by atoms with E-state index in [1.807, 2.05) is 0 Å². The molecule has 2 aliphatic rings. The number of fused-ring (bicyclic) bond motifs is 1. The smallest absolute Gasteiger partial charge is 0.270 e. The third-order valence-corrected chi connectivity index (χ3v) is 6.20. The maximum Gasteiger partial charge on any atom is 0.270 e. The highest BCUT2D eigenvalue weighted by Crippen LogP contribution is 2.33. The van der Waals surface area contributed by atoms with Gasteiger partial charge in [-0.3, -0.25) is 4.79 Å². The fourth-order valence-corrected chi connectivity index (χ4v) is 4.72. The fraction of sp³-hybridized carbons (Fsp3) is 0.350. The highest BCUT2D eigenvalue weighted by molar-refractivity contribution is 7.17. The highest BCUT2D eigenvalue weighted by atomic mass is 32.1. The van der Waals surface area contributed by atoms with Gasteiger partial charge >= 0.3 is 0 Å². The normalized spacial score (nSPS) is 17.8. The van der Waals surface area contributed by atoms with Crippen molar-refractivity contribution in [1.82, 2.24) is 9.88 Å². The SMILES string of the molecule is C[NH+]=C/C(=C\N)N1CCc2nc(-c3ccc(N4CCCC4)cc3)sc2C1=O. The third kappa shape index (κ3) is 3.35. The summed E-state index contributed by atoms with van der Waals surface area (Å²) in [6.45, 7) is 2.86. The van der Waals surface area contributed by atoms with Crippen LogP contribution in [0.4, 0.5) is 5.69 Å². The minimum absolute atomic E-state index is 0.0307. The van der Waals surface area contributed by atoms with Crippen LogP contribution in [0.1, 0.15) is 28.2 Å². The van der Waals surface area contributed by atoms with Gasteiger partial charge in [-0.1, -0.05) is 0 Å². The van der Waals surface area contributed by atoms with E-state index in [1.54, 1.807) is 18.2 Å². The predicted octanol–water partition coefficient (Wildman–Crippen LogP) is 0.990. The van der Waals surface area contributed by atoms with E-state index in [4.69, 9.17) is 10.7 Å². The zero-order valence-corrected chi connectivity index (χ0v) is 16.3. The maximum atomic E-state index is 12.9. The van der Waals surface area contributed by atoms with Crippen LogP contribution in [0.25, 0.3) is 10.6 Å².